The topological polar surface area (TPSA) is 49.1 Å². The van der Waals surface area contributed by atoms with Gasteiger partial charge in [-0.05, 0) is 24.3 Å². The zero-order chi connectivity index (χ0) is 14.8. The first kappa shape index (κ1) is 13.2. The molecule has 0 aliphatic carbocycles. The zero-order valence-corrected chi connectivity index (χ0v) is 11.9. The number of rotatable bonds is 3. The summed E-state index contributed by atoms with van der Waals surface area (Å²) in [4.78, 5) is 12.4. The molecule has 106 valence electrons. The maximum atomic E-state index is 12.4. The maximum absolute atomic E-state index is 12.4. The lowest BCUT2D eigenvalue weighted by atomic mass is 10.2. The van der Waals surface area contributed by atoms with Crippen molar-refractivity contribution in [2.75, 3.05) is 7.11 Å². The Balaban J connectivity index is 2.20. The van der Waals surface area contributed by atoms with Crippen LogP contribution in [-0.4, -0.2) is 21.5 Å². The molecule has 0 saturated carbocycles. The lowest BCUT2D eigenvalue weighted by molar-refractivity contribution is 0.416. The third kappa shape index (κ3) is 2.23. The fraction of sp³-hybridized carbons (Fsp3) is 0.125. The molecule has 0 radical (unpaired) electrons. The zero-order valence-electron chi connectivity index (χ0n) is 11.9. The van der Waals surface area contributed by atoms with Crippen molar-refractivity contribution in [1.82, 2.24) is 14.3 Å². The van der Waals surface area contributed by atoms with Gasteiger partial charge in [0.25, 0.3) is 0 Å². The van der Waals surface area contributed by atoms with E-state index in [-0.39, 0.29) is 5.69 Å². The summed E-state index contributed by atoms with van der Waals surface area (Å²) >= 11 is 0. The molecule has 1 heterocycles. The van der Waals surface area contributed by atoms with E-state index in [9.17, 15) is 4.79 Å². The fourth-order valence-electron chi connectivity index (χ4n) is 2.24. The van der Waals surface area contributed by atoms with Crippen LogP contribution in [0.1, 0.15) is 0 Å². The number of methoxy groups -OCH3 is 1. The third-order valence-electron chi connectivity index (χ3n) is 3.33. The first-order chi connectivity index (χ1) is 10.2. The van der Waals surface area contributed by atoms with Gasteiger partial charge in [0.05, 0.1) is 18.4 Å². The van der Waals surface area contributed by atoms with Crippen LogP contribution >= 0.6 is 0 Å². The minimum Gasteiger partial charge on any atom is -0.496 e. The molecule has 0 N–H and O–H groups in total. The van der Waals surface area contributed by atoms with E-state index in [1.165, 1.54) is 9.25 Å². The summed E-state index contributed by atoms with van der Waals surface area (Å²) in [5.74, 6) is 1.26. The van der Waals surface area contributed by atoms with Crippen LogP contribution in [0.25, 0.3) is 17.1 Å². The summed E-state index contributed by atoms with van der Waals surface area (Å²) in [6, 6.07) is 16.9. The molecule has 0 atom stereocenters. The van der Waals surface area contributed by atoms with Gasteiger partial charge in [0, 0.05) is 7.05 Å². The smallest absolute Gasteiger partial charge is 0.350 e. The van der Waals surface area contributed by atoms with E-state index < -0.39 is 0 Å². The lowest BCUT2D eigenvalue weighted by Gasteiger charge is -2.06. The van der Waals surface area contributed by atoms with E-state index >= 15 is 0 Å². The number of para-hydroxylation sites is 2. The second-order valence-corrected chi connectivity index (χ2v) is 4.61. The minimum absolute atomic E-state index is 0.192. The fourth-order valence-corrected chi connectivity index (χ4v) is 2.24. The normalized spacial score (nSPS) is 10.6. The Morgan fingerprint density at radius 3 is 2.38 bits per heavy atom. The number of ether oxygens (including phenoxy) is 1. The number of hydrogen-bond donors (Lipinski definition) is 0. The monoisotopic (exact) mass is 281 g/mol. The van der Waals surface area contributed by atoms with Gasteiger partial charge in [0.1, 0.15) is 5.75 Å². The summed E-state index contributed by atoms with van der Waals surface area (Å²) in [6.07, 6.45) is 0. The predicted octanol–water partition coefficient (Wildman–Crippen LogP) is 2.25. The van der Waals surface area contributed by atoms with Crippen LogP contribution in [0.3, 0.4) is 0 Å². The SMILES string of the molecule is COc1ccccc1-c1nn(-c2ccccc2)c(=O)n1C. The van der Waals surface area contributed by atoms with Crippen LogP contribution in [0, 0.1) is 0 Å². The number of aromatic nitrogens is 3. The quantitative estimate of drug-likeness (QED) is 0.740. The van der Waals surface area contributed by atoms with Gasteiger partial charge < -0.3 is 4.74 Å². The lowest BCUT2D eigenvalue weighted by Crippen LogP contribution is -2.21. The Labute approximate surface area is 122 Å². The second-order valence-electron chi connectivity index (χ2n) is 4.61. The van der Waals surface area contributed by atoms with Crippen molar-refractivity contribution in [2.45, 2.75) is 0 Å². The highest BCUT2D eigenvalue weighted by molar-refractivity contribution is 5.64. The highest BCUT2D eigenvalue weighted by atomic mass is 16.5. The summed E-state index contributed by atoms with van der Waals surface area (Å²) < 4.78 is 8.25. The average molecular weight is 281 g/mol. The van der Waals surface area contributed by atoms with Crippen LogP contribution in [-0.2, 0) is 7.05 Å². The van der Waals surface area contributed by atoms with Gasteiger partial charge in [-0.1, -0.05) is 30.3 Å². The van der Waals surface area contributed by atoms with E-state index in [4.69, 9.17) is 4.74 Å². The predicted molar refractivity (Wildman–Crippen MR) is 80.8 cm³/mol. The molecular weight excluding hydrogens is 266 g/mol. The van der Waals surface area contributed by atoms with Crippen molar-refractivity contribution in [3.8, 4) is 22.8 Å². The van der Waals surface area contributed by atoms with Crippen molar-refractivity contribution in [3.63, 3.8) is 0 Å². The molecular formula is C16H15N3O2. The molecule has 3 rings (SSSR count). The molecule has 2 aromatic carbocycles. The van der Waals surface area contributed by atoms with Gasteiger partial charge in [-0.3, -0.25) is 4.57 Å². The molecule has 0 spiro atoms. The molecule has 5 nitrogen and oxygen atoms in total. The van der Waals surface area contributed by atoms with E-state index in [1.807, 2.05) is 54.6 Å². The Bertz CT molecular complexity index is 819. The Morgan fingerprint density at radius 1 is 1.00 bits per heavy atom. The molecule has 5 heteroatoms. The highest BCUT2D eigenvalue weighted by Gasteiger charge is 2.16. The Morgan fingerprint density at radius 2 is 1.67 bits per heavy atom. The summed E-state index contributed by atoms with van der Waals surface area (Å²) in [7, 11) is 3.31. The molecule has 3 aromatic rings. The van der Waals surface area contributed by atoms with Crippen LogP contribution in [0.2, 0.25) is 0 Å². The van der Waals surface area contributed by atoms with Crippen molar-refractivity contribution in [3.05, 3.63) is 65.1 Å². The molecule has 0 saturated heterocycles. The van der Waals surface area contributed by atoms with Gasteiger partial charge in [-0.2, -0.15) is 4.68 Å². The van der Waals surface area contributed by atoms with Crippen molar-refractivity contribution in [2.24, 2.45) is 7.05 Å². The Kier molecular flexibility index (Phi) is 3.31. The second kappa shape index (κ2) is 5.28. The molecule has 0 aliphatic rings. The van der Waals surface area contributed by atoms with E-state index in [1.54, 1.807) is 14.2 Å². The van der Waals surface area contributed by atoms with E-state index in [0.29, 0.717) is 11.6 Å². The van der Waals surface area contributed by atoms with Gasteiger partial charge in [-0.15, -0.1) is 5.10 Å². The molecule has 0 unspecified atom stereocenters. The van der Waals surface area contributed by atoms with Gasteiger partial charge in [0.2, 0.25) is 0 Å². The van der Waals surface area contributed by atoms with Crippen LogP contribution in [0.5, 0.6) is 5.75 Å². The molecule has 21 heavy (non-hydrogen) atoms. The summed E-state index contributed by atoms with van der Waals surface area (Å²) in [6.45, 7) is 0. The number of hydrogen-bond acceptors (Lipinski definition) is 3. The van der Waals surface area contributed by atoms with Crippen LogP contribution in [0.4, 0.5) is 0 Å². The van der Waals surface area contributed by atoms with Crippen LogP contribution in [0.15, 0.2) is 59.4 Å². The third-order valence-corrected chi connectivity index (χ3v) is 3.33. The molecule has 0 aliphatic heterocycles. The van der Waals surface area contributed by atoms with Crippen molar-refractivity contribution in [1.29, 1.82) is 0 Å². The maximum Gasteiger partial charge on any atom is 0.350 e. The Hall–Kier alpha value is -2.82. The van der Waals surface area contributed by atoms with Gasteiger partial charge >= 0.3 is 5.69 Å². The molecule has 0 bridgehead atoms. The average Bonchev–Trinajstić information content (AvgIpc) is 2.84. The van der Waals surface area contributed by atoms with Crippen molar-refractivity contribution < 1.29 is 4.74 Å². The van der Waals surface area contributed by atoms with Crippen LogP contribution < -0.4 is 10.4 Å². The first-order valence-electron chi connectivity index (χ1n) is 6.57. The first-order valence-corrected chi connectivity index (χ1v) is 6.57. The van der Waals surface area contributed by atoms with Gasteiger partial charge in [0.15, 0.2) is 5.82 Å². The molecule has 0 amide bonds. The van der Waals surface area contributed by atoms with Crippen molar-refractivity contribution >= 4 is 0 Å². The minimum atomic E-state index is -0.192. The van der Waals surface area contributed by atoms with E-state index in [0.717, 1.165) is 11.3 Å². The van der Waals surface area contributed by atoms with E-state index in [2.05, 4.69) is 5.10 Å². The molecule has 1 aromatic heterocycles. The number of nitrogens with zero attached hydrogens (tertiary/aromatic N) is 3. The van der Waals surface area contributed by atoms with Gasteiger partial charge in [-0.25, -0.2) is 4.79 Å². The summed E-state index contributed by atoms with van der Waals surface area (Å²) in [5, 5.41) is 4.45. The number of benzene rings is 2. The molecule has 0 fully saturated rings. The highest BCUT2D eigenvalue weighted by Crippen LogP contribution is 2.27. The standard InChI is InChI=1S/C16H15N3O2/c1-18-15(13-10-6-7-11-14(13)21-2)17-19(16(18)20)12-8-4-3-5-9-12/h3-11H,1-2H3. The largest absolute Gasteiger partial charge is 0.496 e. The summed E-state index contributed by atoms with van der Waals surface area (Å²) in [5.41, 5.74) is 1.33.